The van der Waals surface area contributed by atoms with Crippen molar-refractivity contribution in [1.29, 1.82) is 5.26 Å². The third kappa shape index (κ3) is 3.54. The molecular weight excluding hydrogens is 374 g/mol. The molecule has 1 aliphatic carbocycles. The molecule has 0 unspecified atom stereocenters. The summed E-state index contributed by atoms with van der Waals surface area (Å²) in [6, 6.07) is 12.0. The lowest BCUT2D eigenvalue weighted by atomic mass is 10.1. The molecule has 4 nitrogen and oxygen atoms in total. The highest BCUT2D eigenvalue weighted by Gasteiger charge is 2.22. The Morgan fingerprint density at radius 1 is 1.26 bits per heavy atom. The van der Waals surface area contributed by atoms with Gasteiger partial charge in [0.1, 0.15) is 4.83 Å². The van der Waals surface area contributed by atoms with Crippen molar-refractivity contribution in [2.45, 2.75) is 44.2 Å². The highest BCUT2D eigenvalue weighted by atomic mass is 32.2. The van der Waals surface area contributed by atoms with E-state index >= 15 is 0 Å². The van der Waals surface area contributed by atoms with E-state index in [4.69, 9.17) is 10.2 Å². The van der Waals surface area contributed by atoms with Crippen LogP contribution in [0.25, 0.3) is 15.9 Å². The molecule has 4 rings (SSSR count). The Balaban J connectivity index is 1.93. The van der Waals surface area contributed by atoms with Crippen molar-refractivity contribution in [3.8, 4) is 11.8 Å². The van der Waals surface area contributed by atoms with Crippen LogP contribution in [0.3, 0.4) is 0 Å². The molecule has 27 heavy (non-hydrogen) atoms. The number of rotatable bonds is 4. The predicted molar refractivity (Wildman–Crippen MR) is 112 cm³/mol. The van der Waals surface area contributed by atoms with Gasteiger partial charge in [0, 0.05) is 10.6 Å². The van der Waals surface area contributed by atoms with Gasteiger partial charge in [-0.1, -0.05) is 36.4 Å². The monoisotopic (exact) mass is 395 g/mol. The Labute approximate surface area is 166 Å². The molecule has 2 aromatic heterocycles. The molecule has 0 aliphatic heterocycles. The summed E-state index contributed by atoms with van der Waals surface area (Å²) < 4.78 is 1.73. The number of hydrogen-bond acceptors (Lipinski definition) is 5. The molecule has 138 valence electrons. The van der Waals surface area contributed by atoms with E-state index in [1.165, 1.54) is 35.0 Å². The quantitative estimate of drug-likeness (QED) is 0.356. The van der Waals surface area contributed by atoms with E-state index in [1.54, 1.807) is 15.9 Å². The zero-order valence-electron chi connectivity index (χ0n) is 15.3. The molecular formula is C21H21N3OS2. The van der Waals surface area contributed by atoms with Gasteiger partial charge in [-0.2, -0.15) is 5.26 Å². The van der Waals surface area contributed by atoms with Crippen LogP contribution in [0.5, 0.6) is 0 Å². The van der Waals surface area contributed by atoms with Crippen molar-refractivity contribution in [3.05, 3.63) is 51.1 Å². The minimum Gasteiger partial charge on any atom is -0.268 e. The topological polar surface area (TPSA) is 58.7 Å². The van der Waals surface area contributed by atoms with Gasteiger partial charge in [0.2, 0.25) is 0 Å². The number of thiophene rings is 1. The number of nitrogens with zero attached hydrogens (tertiary/aromatic N) is 3. The fourth-order valence-corrected chi connectivity index (χ4v) is 5.76. The summed E-state index contributed by atoms with van der Waals surface area (Å²) in [6.45, 7) is 1.89. The molecule has 0 spiro atoms. The van der Waals surface area contributed by atoms with Crippen LogP contribution in [-0.4, -0.2) is 15.3 Å². The Bertz CT molecular complexity index is 1060. The molecule has 1 atom stereocenters. The van der Waals surface area contributed by atoms with Crippen molar-refractivity contribution in [3.63, 3.8) is 0 Å². The van der Waals surface area contributed by atoms with Crippen LogP contribution in [0.15, 0.2) is 40.3 Å². The number of fused-ring (bicyclic) bond motifs is 3. The molecule has 3 aromatic rings. The van der Waals surface area contributed by atoms with Gasteiger partial charge in [-0.25, -0.2) is 4.98 Å². The van der Waals surface area contributed by atoms with Gasteiger partial charge in [0.25, 0.3) is 5.56 Å². The first-order valence-corrected chi connectivity index (χ1v) is 11.1. The second kappa shape index (κ2) is 7.87. The number of thioether (sulfide) groups is 1. The highest BCUT2D eigenvalue weighted by Crippen LogP contribution is 2.34. The molecule has 1 aliphatic rings. The standard InChI is InChI=1S/C21H21N3OS2/c1-14(12-22)13-26-21-23-19-18(16-10-6-3-7-11-17(16)27-19)20(25)24(21)15-8-4-2-5-9-15/h2,4-5,8-9,14H,3,6-7,10-11,13H2,1H3/t14-/m1/s1. The lowest BCUT2D eigenvalue weighted by Gasteiger charge is -2.13. The van der Waals surface area contributed by atoms with E-state index in [0.717, 1.165) is 35.2 Å². The molecule has 6 heteroatoms. The van der Waals surface area contributed by atoms with E-state index in [1.807, 2.05) is 37.3 Å². The Kier molecular flexibility index (Phi) is 5.33. The summed E-state index contributed by atoms with van der Waals surface area (Å²) in [6.07, 6.45) is 5.57. The molecule has 0 bridgehead atoms. The predicted octanol–water partition coefficient (Wildman–Crippen LogP) is 4.97. The first-order chi connectivity index (χ1) is 13.2. The van der Waals surface area contributed by atoms with Crippen LogP contribution in [0.2, 0.25) is 0 Å². The fraction of sp³-hybridized carbons (Fsp3) is 0.381. The number of hydrogen-bond donors (Lipinski definition) is 0. The van der Waals surface area contributed by atoms with Gasteiger partial charge in [0.05, 0.1) is 23.1 Å². The van der Waals surface area contributed by atoms with E-state index in [0.29, 0.717) is 10.9 Å². The summed E-state index contributed by atoms with van der Waals surface area (Å²) >= 11 is 3.17. The zero-order chi connectivity index (χ0) is 18.8. The summed E-state index contributed by atoms with van der Waals surface area (Å²) in [5, 5.41) is 10.6. The van der Waals surface area contributed by atoms with E-state index in [9.17, 15) is 4.79 Å². The average molecular weight is 396 g/mol. The van der Waals surface area contributed by atoms with Crippen molar-refractivity contribution < 1.29 is 0 Å². The summed E-state index contributed by atoms with van der Waals surface area (Å²) in [4.78, 5) is 20.6. The van der Waals surface area contributed by atoms with Gasteiger partial charge in [0.15, 0.2) is 5.16 Å². The van der Waals surface area contributed by atoms with Crippen LogP contribution in [-0.2, 0) is 12.8 Å². The number of aryl methyl sites for hydroxylation is 2. The number of nitriles is 1. The maximum Gasteiger partial charge on any atom is 0.267 e. The second-order valence-corrected chi connectivity index (χ2v) is 9.03. The van der Waals surface area contributed by atoms with Gasteiger partial charge in [-0.05, 0) is 50.3 Å². The van der Waals surface area contributed by atoms with Crippen molar-refractivity contribution >= 4 is 33.3 Å². The molecule has 0 radical (unpaired) electrons. The number of aromatic nitrogens is 2. The largest absolute Gasteiger partial charge is 0.268 e. The van der Waals surface area contributed by atoms with Crippen molar-refractivity contribution in [2.24, 2.45) is 5.92 Å². The van der Waals surface area contributed by atoms with Gasteiger partial charge >= 0.3 is 0 Å². The second-order valence-electron chi connectivity index (χ2n) is 6.96. The van der Waals surface area contributed by atoms with Crippen molar-refractivity contribution in [1.82, 2.24) is 9.55 Å². The molecule has 0 N–H and O–H groups in total. The van der Waals surface area contributed by atoms with Crippen LogP contribution in [0.1, 0.15) is 36.6 Å². The first kappa shape index (κ1) is 18.3. The van der Waals surface area contributed by atoms with Crippen LogP contribution in [0.4, 0.5) is 0 Å². The van der Waals surface area contributed by atoms with E-state index in [2.05, 4.69) is 6.07 Å². The van der Waals surface area contributed by atoms with Crippen LogP contribution < -0.4 is 5.56 Å². The number of para-hydroxylation sites is 1. The first-order valence-electron chi connectivity index (χ1n) is 9.34. The minimum absolute atomic E-state index is 0.0257. The highest BCUT2D eigenvalue weighted by molar-refractivity contribution is 7.99. The van der Waals surface area contributed by atoms with E-state index in [-0.39, 0.29) is 11.5 Å². The Morgan fingerprint density at radius 3 is 2.81 bits per heavy atom. The van der Waals surface area contributed by atoms with Crippen molar-refractivity contribution in [2.75, 3.05) is 5.75 Å². The SMILES string of the molecule is C[C@H](C#N)CSc1nc2sc3c(c2c(=O)n1-c1ccccc1)CCCCC3. The molecule has 1 aromatic carbocycles. The summed E-state index contributed by atoms with van der Waals surface area (Å²) in [5.74, 6) is 0.527. The Hall–Kier alpha value is -2.10. The van der Waals surface area contributed by atoms with Crippen LogP contribution in [0, 0.1) is 17.2 Å². The number of benzene rings is 1. The minimum atomic E-state index is -0.0909. The average Bonchev–Trinajstić information content (AvgIpc) is 2.88. The summed E-state index contributed by atoms with van der Waals surface area (Å²) in [7, 11) is 0. The lowest BCUT2D eigenvalue weighted by Crippen LogP contribution is -2.22. The van der Waals surface area contributed by atoms with Gasteiger partial charge in [-0.15, -0.1) is 11.3 Å². The normalized spacial score (nSPS) is 15.1. The fourth-order valence-electron chi connectivity index (χ4n) is 3.50. The summed E-state index contributed by atoms with van der Waals surface area (Å²) in [5.41, 5.74) is 2.08. The van der Waals surface area contributed by atoms with Gasteiger partial charge < -0.3 is 0 Å². The smallest absolute Gasteiger partial charge is 0.267 e. The third-order valence-corrected chi connectivity index (χ3v) is 7.29. The maximum atomic E-state index is 13.6. The zero-order valence-corrected chi connectivity index (χ0v) is 16.9. The molecule has 0 saturated carbocycles. The molecule has 2 heterocycles. The Morgan fingerprint density at radius 2 is 2.04 bits per heavy atom. The molecule has 0 saturated heterocycles. The molecule has 0 fully saturated rings. The van der Waals surface area contributed by atoms with E-state index < -0.39 is 0 Å². The lowest BCUT2D eigenvalue weighted by molar-refractivity contribution is 0.713. The third-order valence-electron chi connectivity index (χ3n) is 4.91. The van der Waals surface area contributed by atoms with Crippen LogP contribution >= 0.6 is 23.1 Å². The maximum absolute atomic E-state index is 13.6. The van der Waals surface area contributed by atoms with Gasteiger partial charge in [-0.3, -0.25) is 9.36 Å². The molecule has 0 amide bonds.